The van der Waals surface area contributed by atoms with Crippen LogP contribution in [-0.4, -0.2) is 23.9 Å². The first-order valence-electron chi connectivity index (χ1n) is 8.13. The fourth-order valence-electron chi connectivity index (χ4n) is 4.19. The van der Waals surface area contributed by atoms with Gasteiger partial charge in [0.15, 0.2) is 0 Å². The van der Waals surface area contributed by atoms with Crippen LogP contribution in [0.2, 0.25) is 0 Å². The van der Waals surface area contributed by atoms with Gasteiger partial charge in [0.25, 0.3) is 0 Å². The topological polar surface area (TPSA) is 46.3 Å². The molecule has 2 aliphatic rings. The Hall–Kier alpha value is -0.870. The van der Waals surface area contributed by atoms with E-state index >= 15 is 0 Å². The first-order chi connectivity index (χ1) is 10.1. The Bertz CT molecular complexity index is 473. The van der Waals surface area contributed by atoms with E-state index in [4.69, 9.17) is 5.73 Å². The quantitative estimate of drug-likeness (QED) is 0.930. The molecule has 0 aromatic carbocycles. The standard InChI is InChI=1S/C17H26N2OS/c1-11(15-7-4-8-21-15)19(2)17(20)14-9-12-5-3-6-13(10-14)16(12)18/h4,7-8,11-14,16H,3,5-6,9-10,18H2,1-2H3. The maximum atomic E-state index is 12.9. The second kappa shape index (κ2) is 6.09. The summed E-state index contributed by atoms with van der Waals surface area (Å²) < 4.78 is 0. The van der Waals surface area contributed by atoms with Gasteiger partial charge in [-0.25, -0.2) is 0 Å². The number of nitrogens with two attached hydrogens (primary N) is 1. The summed E-state index contributed by atoms with van der Waals surface area (Å²) in [5.41, 5.74) is 6.34. The maximum absolute atomic E-state index is 12.9. The lowest BCUT2D eigenvalue weighted by Gasteiger charge is -2.44. The molecule has 3 atom stereocenters. The van der Waals surface area contributed by atoms with E-state index in [2.05, 4.69) is 24.4 Å². The van der Waals surface area contributed by atoms with E-state index < -0.39 is 0 Å². The lowest BCUT2D eigenvalue weighted by atomic mass is 9.65. The Morgan fingerprint density at radius 1 is 1.38 bits per heavy atom. The third-order valence-electron chi connectivity index (χ3n) is 5.65. The average molecular weight is 306 g/mol. The van der Waals surface area contributed by atoms with Gasteiger partial charge >= 0.3 is 0 Å². The molecule has 0 saturated heterocycles. The largest absolute Gasteiger partial charge is 0.338 e. The number of nitrogens with zero attached hydrogens (tertiary/aromatic N) is 1. The first kappa shape index (κ1) is 15.0. The minimum atomic E-state index is 0.174. The van der Waals surface area contributed by atoms with Crippen molar-refractivity contribution < 1.29 is 4.79 Å². The van der Waals surface area contributed by atoms with Crippen LogP contribution in [0.4, 0.5) is 0 Å². The van der Waals surface area contributed by atoms with Crippen LogP contribution in [0, 0.1) is 17.8 Å². The summed E-state index contributed by atoms with van der Waals surface area (Å²) >= 11 is 1.73. The molecule has 2 aliphatic carbocycles. The summed E-state index contributed by atoms with van der Waals surface area (Å²) in [7, 11) is 1.96. The molecule has 116 valence electrons. The zero-order valence-corrected chi connectivity index (χ0v) is 13.8. The SMILES string of the molecule is CC(c1cccs1)N(C)C(=O)C1CC2CCCC(C1)C2N. The Labute approximate surface area is 131 Å². The van der Waals surface area contributed by atoms with Gasteiger partial charge in [0.2, 0.25) is 5.91 Å². The number of carbonyl (C=O) groups excluding carboxylic acids is 1. The Balaban J connectivity index is 1.68. The van der Waals surface area contributed by atoms with Crippen LogP contribution in [0.3, 0.4) is 0 Å². The van der Waals surface area contributed by atoms with Gasteiger partial charge in [-0.1, -0.05) is 12.5 Å². The van der Waals surface area contributed by atoms with Gasteiger partial charge in [-0.05, 0) is 55.9 Å². The number of hydrogen-bond acceptors (Lipinski definition) is 3. The molecule has 4 heteroatoms. The van der Waals surface area contributed by atoms with Crippen LogP contribution in [0.1, 0.15) is 49.9 Å². The van der Waals surface area contributed by atoms with E-state index in [0.29, 0.717) is 23.8 Å². The zero-order chi connectivity index (χ0) is 15.0. The molecule has 1 heterocycles. The summed E-state index contributed by atoms with van der Waals surface area (Å²) in [5.74, 6) is 1.64. The van der Waals surface area contributed by atoms with E-state index in [1.807, 2.05) is 11.9 Å². The van der Waals surface area contributed by atoms with Crippen molar-refractivity contribution in [1.82, 2.24) is 4.90 Å². The number of rotatable bonds is 3. The maximum Gasteiger partial charge on any atom is 0.225 e. The van der Waals surface area contributed by atoms with Crippen LogP contribution in [0.15, 0.2) is 17.5 Å². The van der Waals surface area contributed by atoms with Crippen molar-refractivity contribution in [1.29, 1.82) is 0 Å². The van der Waals surface area contributed by atoms with E-state index in [0.717, 1.165) is 12.8 Å². The number of fused-ring (bicyclic) bond motifs is 2. The second-order valence-corrected chi connectivity index (χ2v) is 7.82. The van der Waals surface area contributed by atoms with Gasteiger partial charge in [0.05, 0.1) is 6.04 Å². The van der Waals surface area contributed by atoms with E-state index in [1.54, 1.807) is 11.3 Å². The summed E-state index contributed by atoms with van der Waals surface area (Å²) in [6.07, 6.45) is 5.72. The van der Waals surface area contributed by atoms with Crippen molar-refractivity contribution >= 4 is 17.2 Å². The molecule has 21 heavy (non-hydrogen) atoms. The molecule has 0 spiro atoms. The fourth-order valence-corrected chi connectivity index (χ4v) is 5.02. The molecule has 1 amide bonds. The molecule has 1 aromatic rings. The Morgan fingerprint density at radius 2 is 2.05 bits per heavy atom. The van der Waals surface area contributed by atoms with Crippen LogP contribution in [-0.2, 0) is 4.79 Å². The molecule has 0 radical (unpaired) electrons. The highest BCUT2D eigenvalue weighted by molar-refractivity contribution is 7.10. The summed E-state index contributed by atoms with van der Waals surface area (Å²) in [6.45, 7) is 2.12. The van der Waals surface area contributed by atoms with Crippen molar-refractivity contribution in [3.8, 4) is 0 Å². The normalized spacial score (nSPS) is 33.5. The molecule has 2 N–H and O–H groups in total. The molecule has 2 saturated carbocycles. The summed E-state index contributed by atoms with van der Waals surface area (Å²) in [5, 5.41) is 2.08. The smallest absolute Gasteiger partial charge is 0.225 e. The zero-order valence-electron chi connectivity index (χ0n) is 13.0. The van der Waals surface area contributed by atoms with Gasteiger partial charge in [-0.2, -0.15) is 0 Å². The van der Waals surface area contributed by atoms with Crippen molar-refractivity contribution in [2.45, 2.75) is 51.1 Å². The molecule has 0 aliphatic heterocycles. The number of thiophene rings is 1. The first-order valence-corrected chi connectivity index (χ1v) is 9.01. The van der Waals surface area contributed by atoms with Gasteiger partial charge in [-0.3, -0.25) is 4.79 Å². The molecule has 3 unspecified atom stereocenters. The van der Waals surface area contributed by atoms with Gasteiger partial charge < -0.3 is 10.6 Å². The average Bonchev–Trinajstić information content (AvgIpc) is 2.99. The second-order valence-electron chi connectivity index (χ2n) is 6.84. The van der Waals surface area contributed by atoms with Crippen LogP contribution >= 0.6 is 11.3 Å². The Morgan fingerprint density at radius 3 is 2.62 bits per heavy atom. The number of hydrogen-bond donors (Lipinski definition) is 1. The van der Waals surface area contributed by atoms with Gasteiger partial charge in [-0.15, -0.1) is 11.3 Å². The van der Waals surface area contributed by atoms with Crippen molar-refractivity contribution in [2.75, 3.05) is 7.05 Å². The highest BCUT2D eigenvalue weighted by atomic mass is 32.1. The number of amides is 1. The lowest BCUT2D eigenvalue weighted by molar-refractivity contribution is -0.139. The van der Waals surface area contributed by atoms with E-state index in [-0.39, 0.29) is 12.0 Å². The predicted octanol–water partition coefficient (Wildman–Crippen LogP) is 3.42. The minimum absolute atomic E-state index is 0.174. The van der Waals surface area contributed by atoms with Crippen molar-refractivity contribution in [2.24, 2.45) is 23.5 Å². The highest BCUT2D eigenvalue weighted by Gasteiger charge is 2.41. The summed E-state index contributed by atoms with van der Waals surface area (Å²) in [4.78, 5) is 16.1. The van der Waals surface area contributed by atoms with Gasteiger partial charge in [0.1, 0.15) is 0 Å². The molecule has 2 bridgehead atoms. The van der Waals surface area contributed by atoms with Crippen LogP contribution in [0.25, 0.3) is 0 Å². The predicted molar refractivity (Wildman–Crippen MR) is 87.0 cm³/mol. The minimum Gasteiger partial charge on any atom is -0.338 e. The van der Waals surface area contributed by atoms with E-state index in [1.165, 1.54) is 24.1 Å². The molecule has 3 rings (SSSR count). The Kier molecular flexibility index (Phi) is 4.36. The summed E-state index contributed by atoms with van der Waals surface area (Å²) in [6, 6.07) is 4.68. The lowest BCUT2D eigenvalue weighted by Crippen LogP contribution is -2.49. The molecular formula is C17H26N2OS. The molecule has 2 fully saturated rings. The third-order valence-corrected chi connectivity index (χ3v) is 6.69. The van der Waals surface area contributed by atoms with Crippen molar-refractivity contribution in [3.63, 3.8) is 0 Å². The van der Waals surface area contributed by atoms with E-state index in [9.17, 15) is 4.79 Å². The number of carbonyl (C=O) groups is 1. The van der Waals surface area contributed by atoms with Crippen LogP contribution in [0.5, 0.6) is 0 Å². The molecular weight excluding hydrogens is 280 g/mol. The monoisotopic (exact) mass is 306 g/mol. The molecule has 1 aromatic heterocycles. The van der Waals surface area contributed by atoms with Gasteiger partial charge in [0, 0.05) is 23.9 Å². The highest BCUT2D eigenvalue weighted by Crippen LogP contribution is 2.42. The fraction of sp³-hybridized carbons (Fsp3) is 0.706. The van der Waals surface area contributed by atoms with Crippen molar-refractivity contribution in [3.05, 3.63) is 22.4 Å². The third kappa shape index (κ3) is 2.88. The van der Waals surface area contributed by atoms with Crippen LogP contribution < -0.4 is 5.73 Å². The molecule has 3 nitrogen and oxygen atoms in total.